The van der Waals surface area contributed by atoms with Crippen LogP contribution < -0.4 is 4.74 Å². The summed E-state index contributed by atoms with van der Waals surface area (Å²) in [6, 6.07) is 0. The third kappa shape index (κ3) is 3.03. The van der Waals surface area contributed by atoms with Crippen molar-refractivity contribution < 1.29 is 14.6 Å². The standard InChI is InChI=1S/C13H19NO3/c1-5-11(15)12(16)6-10-9(3)13(17-4)8(2)7-14-10/h7,11,15H,5-6H2,1-4H3. The van der Waals surface area contributed by atoms with Gasteiger partial charge in [-0.05, 0) is 20.3 Å². The molecule has 0 radical (unpaired) electrons. The lowest BCUT2D eigenvalue weighted by Gasteiger charge is -2.12. The van der Waals surface area contributed by atoms with Crippen LogP contribution in [-0.4, -0.2) is 29.1 Å². The zero-order valence-electron chi connectivity index (χ0n) is 10.8. The lowest BCUT2D eigenvalue weighted by molar-refractivity contribution is -0.126. The van der Waals surface area contributed by atoms with Gasteiger partial charge in [0.15, 0.2) is 5.78 Å². The molecular weight excluding hydrogens is 218 g/mol. The molecule has 0 amide bonds. The Morgan fingerprint density at radius 2 is 2.18 bits per heavy atom. The van der Waals surface area contributed by atoms with Gasteiger partial charge < -0.3 is 9.84 Å². The van der Waals surface area contributed by atoms with E-state index >= 15 is 0 Å². The van der Waals surface area contributed by atoms with Crippen LogP contribution in [0.5, 0.6) is 5.75 Å². The summed E-state index contributed by atoms with van der Waals surface area (Å²) >= 11 is 0. The molecule has 1 unspecified atom stereocenters. The molecule has 4 nitrogen and oxygen atoms in total. The number of hydrogen-bond donors (Lipinski definition) is 1. The number of aliphatic hydroxyl groups is 1. The minimum absolute atomic E-state index is 0.150. The molecule has 0 saturated heterocycles. The first kappa shape index (κ1) is 13.6. The van der Waals surface area contributed by atoms with Crippen LogP contribution in [0, 0.1) is 13.8 Å². The molecule has 1 atom stereocenters. The van der Waals surface area contributed by atoms with Crippen LogP contribution in [0.4, 0.5) is 0 Å². The Morgan fingerprint density at radius 3 is 2.71 bits per heavy atom. The van der Waals surface area contributed by atoms with Crippen LogP contribution >= 0.6 is 0 Å². The first-order chi connectivity index (χ1) is 8.01. The average Bonchev–Trinajstić information content (AvgIpc) is 2.32. The number of aryl methyl sites for hydroxylation is 1. The van der Waals surface area contributed by atoms with Crippen LogP contribution in [-0.2, 0) is 11.2 Å². The van der Waals surface area contributed by atoms with Gasteiger partial charge in [-0.2, -0.15) is 0 Å². The smallest absolute Gasteiger partial charge is 0.167 e. The fourth-order valence-corrected chi connectivity index (χ4v) is 1.76. The van der Waals surface area contributed by atoms with Crippen molar-refractivity contribution in [1.29, 1.82) is 0 Å². The van der Waals surface area contributed by atoms with Crippen molar-refractivity contribution in [3.63, 3.8) is 0 Å². The normalized spacial score (nSPS) is 12.3. The molecule has 1 heterocycles. The second-order valence-electron chi connectivity index (χ2n) is 4.11. The summed E-state index contributed by atoms with van der Waals surface area (Å²) in [5.41, 5.74) is 2.48. The Hall–Kier alpha value is -1.42. The van der Waals surface area contributed by atoms with Gasteiger partial charge in [0.2, 0.25) is 0 Å². The molecule has 0 aliphatic carbocycles. The maximum Gasteiger partial charge on any atom is 0.167 e. The summed E-state index contributed by atoms with van der Waals surface area (Å²) < 4.78 is 5.27. The number of carbonyl (C=O) groups is 1. The minimum atomic E-state index is -0.900. The number of aliphatic hydroxyl groups excluding tert-OH is 1. The number of Topliss-reactive ketones (excluding diaryl/α,β-unsaturated/α-hetero) is 1. The summed E-state index contributed by atoms with van der Waals surface area (Å²) in [6.45, 7) is 5.56. The number of ketones is 1. The number of nitrogens with zero attached hydrogens (tertiary/aromatic N) is 1. The van der Waals surface area contributed by atoms with Gasteiger partial charge in [-0.25, -0.2) is 0 Å². The van der Waals surface area contributed by atoms with Gasteiger partial charge in [-0.15, -0.1) is 0 Å². The van der Waals surface area contributed by atoms with E-state index in [1.165, 1.54) is 0 Å². The highest BCUT2D eigenvalue weighted by atomic mass is 16.5. The highest BCUT2D eigenvalue weighted by Gasteiger charge is 2.17. The maximum absolute atomic E-state index is 11.6. The summed E-state index contributed by atoms with van der Waals surface area (Å²) in [5, 5.41) is 9.45. The second kappa shape index (κ2) is 5.77. The zero-order valence-corrected chi connectivity index (χ0v) is 10.8. The third-order valence-electron chi connectivity index (χ3n) is 2.85. The molecule has 0 spiro atoms. The first-order valence-corrected chi connectivity index (χ1v) is 5.71. The maximum atomic E-state index is 11.6. The number of hydrogen-bond acceptors (Lipinski definition) is 4. The zero-order chi connectivity index (χ0) is 13.0. The van der Waals surface area contributed by atoms with Crippen LogP contribution in [0.25, 0.3) is 0 Å². The lowest BCUT2D eigenvalue weighted by Crippen LogP contribution is -2.22. The third-order valence-corrected chi connectivity index (χ3v) is 2.85. The van der Waals surface area contributed by atoms with Crippen molar-refractivity contribution in [1.82, 2.24) is 4.98 Å². The van der Waals surface area contributed by atoms with Gasteiger partial charge in [0.25, 0.3) is 0 Å². The van der Waals surface area contributed by atoms with E-state index in [2.05, 4.69) is 4.98 Å². The Balaban J connectivity index is 2.97. The van der Waals surface area contributed by atoms with Crippen molar-refractivity contribution >= 4 is 5.78 Å². The number of carbonyl (C=O) groups excluding carboxylic acids is 1. The molecule has 0 saturated carbocycles. The van der Waals surface area contributed by atoms with Crippen molar-refractivity contribution in [3.05, 3.63) is 23.0 Å². The van der Waals surface area contributed by atoms with E-state index in [4.69, 9.17) is 4.74 Å². The molecule has 0 fully saturated rings. The lowest BCUT2D eigenvalue weighted by atomic mass is 10.0. The summed E-state index contributed by atoms with van der Waals surface area (Å²) in [6.07, 6.45) is 1.37. The average molecular weight is 237 g/mol. The molecule has 1 aromatic rings. The van der Waals surface area contributed by atoms with Crippen molar-refractivity contribution in [2.24, 2.45) is 0 Å². The van der Waals surface area contributed by atoms with Gasteiger partial charge >= 0.3 is 0 Å². The highest BCUT2D eigenvalue weighted by molar-refractivity contribution is 5.84. The Morgan fingerprint density at radius 1 is 1.53 bits per heavy atom. The number of rotatable bonds is 5. The fraction of sp³-hybridized carbons (Fsp3) is 0.538. The van der Waals surface area contributed by atoms with E-state index in [1.54, 1.807) is 20.2 Å². The Bertz CT molecular complexity index is 415. The molecule has 0 aliphatic rings. The SMILES string of the molecule is CCC(O)C(=O)Cc1ncc(C)c(OC)c1C. The van der Waals surface area contributed by atoms with Gasteiger partial charge in [0, 0.05) is 17.3 Å². The van der Waals surface area contributed by atoms with E-state index < -0.39 is 6.10 Å². The fourth-order valence-electron chi connectivity index (χ4n) is 1.76. The van der Waals surface area contributed by atoms with Crippen molar-refractivity contribution in [2.45, 2.75) is 39.7 Å². The van der Waals surface area contributed by atoms with Crippen molar-refractivity contribution in [2.75, 3.05) is 7.11 Å². The molecule has 0 aliphatic heterocycles. The van der Waals surface area contributed by atoms with Gasteiger partial charge in [0.1, 0.15) is 11.9 Å². The van der Waals surface area contributed by atoms with E-state index in [9.17, 15) is 9.90 Å². The van der Waals surface area contributed by atoms with Gasteiger partial charge in [0.05, 0.1) is 19.2 Å². The molecule has 0 aromatic carbocycles. The largest absolute Gasteiger partial charge is 0.496 e. The molecule has 1 rings (SSSR count). The predicted molar refractivity (Wildman–Crippen MR) is 65.3 cm³/mol. The van der Waals surface area contributed by atoms with E-state index in [0.29, 0.717) is 12.1 Å². The van der Waals surface area contributed by atoms with E-state index in [0.717, 1.165) is 16.9 Å². The molecular formula is C13H19NO3. The summed E-state index contributed by atoms with van der Waals surface area (Å²) in [7, 11) is 1.60. The molecule has 1 aromatic heterocycles. The van der Waals surface area contributed by atoms with E-state index in [1.807, 2.05) is 13.8 Å². The number of methoxy groups -OCH3 is 1. The molecule has 1 N–H and O–H groups in total. The monoisotopic (exact) mass is 237 g/mol. The Labute approximate surface area is 102 Å². The molecule has 4 heteroatoms. The minimum Gasteiger partial charge on any atom is -0.496 e. The summed E-state index contributed by atoms with van der Waals surface area (Å²) in [5.74, 6) is 0.558. The second-order valence-corrected chi connectivity index (χ2v) is 4.11. The topological polar surface area (TPSA) is 59.4 Å². The van der Waals surface area contributed by atoms with Crippen LogP contribution in [0.2, 0.25) is 0 Å². The molecule has 94 valence electrons. The van der Waals surface area contributed by atoms with Gasteiger partial charge in [-0.1, -0.05) is 6.92 Å². The number of pyridine rings is 1. The number of aromatic nitrogens is 1. The summed E-state index contributed by atoms with van der Waals surface area (Å²) in [4.78, 5) is 15.9. The quantitative estimate of drug-likeness (QED) is 0.844. The number of ether oxygens (including phenoxy) is 1. The van der Waals surface area contributed by atoms with E-state index in [-0.39, 0.29) is 12.2 Å². The Kier molecular flexibility index (Phi) is 4.63. The first-order valence-electron chi connectivity index (χ1n) is 5.71. The van der Waals surface area contributed by atoms with Crippen LogP contribution in [0.15, 0.2) is 6.20 Å². The predicted octanol–water partition coefficient (Wildman–Crippen LogP) is 1.59. The highest BCUT2D eigenvalue weighted by Crippen LogP contribution is 2.24. The van der Waals surface area contributed by atoms with Gasteiger partial charge in [-0.3, -0.25) is 9.78 Å². The van der Waals surface area contributed by atoms with Crippen LogP contribution in [0.3, 0.4) is 0 Å². The molecule has 17 heavy (non-hydrogen) atoms. The van der Waals surface area contributed by atoms with Crippen LogP contribution in [0.1, 0.15) is 30.2 Å². The molecule has 0 bridgehead atoms. The van der Waals surface area contributed by atoms with Crippen molar-refractivity contribution in [3.8, 4) is 5.75 Å².